The Bertz CT molecular complexity index is 323. The second-order valence-corrected chi connectivity index (χ2v) is 3.00. The Morgan fingerprint density at radius 1 is 1.21 bits per heavy atom. The molecule has 0 aliphatic carbocycles. The Hall–Kier alpha value is -1.39. The van der Waals surface area contributed by atoms with Gasteiger partial charge < -0.3 is 10.5 Å². The van der Waals surface area contributed by atoms with Crippen molar-refractivity contribution >= 4 is 5.69 Å². The number of nitrogen functional groups attached to an aromatic ring is 1. The maximum atomic E-state index is 11.8. The fourth-order valence-corrected chi connectivity index (χ4v) is 1.05. The Balaban J connectivity index is 3.02. The van der Waals surface area contributed by atoms with Gasteiger partial charge in [0, 0.05) is 11.8 Å². The van der Waals surface area contributed by atoms with E-state index < -0.39 is 6.36 Å². The van der Waals surface area contributed by atoms with Crippen LogP contribution in [0.2, 0.25) is 0 Å². The van der Waals surface area contributed by atoms with Crippen LogP contribution in [0.1, 0.15) is 11.1 Å². The molecule has 1 aromatic rings. The van der Waals surface area contributed by atoms with Gasteiger partial charge in [0.15, 0.2) is 0 Å². The smallest absolute Gasteiger partial charge is 0.406 e. The average molecular weight is 205 g/mol. The lowest BCUT2D eigenvalue weighted by Crippen LogP contribution is -2.17. The van der Waals surface area contributed by atoms with Gasteiger partial charge in [-0.2, -0.15) is 0 Å². The zero-order valence-corrected chi connectivity index (χ0v) is 7.77. The molecule has 0 saturated heterocycles. The number of rotatable bonds is 1. The number of benzene rings is 1. The number of alkyl halides is 3. The average Bonchev–Trinajstić information content (AvgIpc) is 1.96. The minimum Gasteiger partial charge on any atom is -0.406 e. The molecule has 0 fully saturated rings. The number of anilines is 1. The third kappa shape index (κ3) is 2.55. The van der Waals surface area contributed by atoms with Gasteiger partial charge in [-0.3, -0.25) is 0 Å². The highest BCUT2D eigenvalue weighted by Gasteiger charge is 2.31. The van der Waals surface area contributed by atoms with Crippen molar-refractivity contribution in [3.63, 3.8) is 0 Å². The van der Waals surface area contributed by atoms with Gasteiger partial charge in [-0.25, -0.2) is 0 Å². The standard InChI is InChI=1S/C9H10F3NO/c1-5-3-7(14-9(10,11)12)4-8(13)6(5)2/h3-4H,13H2,1-2H3. The molecule has 0 aliphatic rings. The number of aryl methyl sites for hydroxylation is 1. The summed E-state index contributed by atoms with van der Waals surface area (Å²) in [5, 5.41) is 0. The van der Waals surface area contributed by atoms with Crippen LogP contribution in [0.15, 0.2) is 12.1 Å². The SMILES string of the molecule is Cc1cc(OC(F)(F)F)cc(N)c1C. The van der Waals surface area contributed by atoms with E-state index in [4.69, 9.17) is 5.73 Å². The molecule has 1 rings (SSSR count). The predicted octanol–water partition coefficient (Wildman–Crippen LogP) is 2.78. The summed E-state index contributed by atoms with van der Waals surface area (Å²) in [6, 6.07) is 2.47. The summed E-state index contributed by atoms with van der Waals surface area (Å²) in [6.07, 6.45) is -4.67. The number of ether oxygens (including phenoxy) is 1. The van der Waals surface area contributed by atoms with E-state index in [1.807, 2.05) is 0 Å². The summed E-state index contributed by atoms with van der Waals surface area (Å²) in [7, 11) is 0. The van der Waals surface area contributed by atoms with Crippen molar-refractivity contribution in [2.75, 3.05) is 5.73 Å². The van der Waals surface area contributed by atoms with Gasteiger partial charge in [-0.15, -0.1) is 13.2 Å². The van der Waals surface area contributed by atoms with Crippen molar-refractivity contribution in [2.24, 2.45) is 0 Å². The third-order valence-corrected chi connectivity index (χ3v) is 1.91. The number of nitrogens with two attached hydrogens (primary N) is 1. The molecule has 0 bridgehead atoms. The van der Waals surface area contributed by atoms with Gasteiger partial charge >= 0.3 is 6.36 Å². The van der Waals surface area contributed by atoms with Gasteiger partial charge in [0.05, 0.1) is 0 Å². The van der Waals surface area contributed by atoms with Crippen LogP contribution in [-0.2, 0) is 0 Å². The maximum Gasteiger partial charge on any atom is 0.573 e. The topological polar surface area (TPSA) is 35.2 Å². The first-order chi connectivity index (χ1) is 6.29. The van der Waals surface area contributed by atoms with Crippen LogP contribution in [0.5, 0.6) is 5.75 Å². The molecule has 0 aliphatic heterocycles. The lowest BCUT2D eigenvalue weighted by Gasteiger charge is -2.11. The first kappa shape index (κ1) is 10.7. The molecule has 0 atom stereocenters. The van der Waals surface area contributed by atoms with Crippen molar-refractivity contribution in [3.8, 4) is 5.75 Å². The highest BCUT2D eigenvalue weighted by molar-refractivity contribution is 5.54. The van der Waals surface area contributed by atoms with Crippen LogP contribution < -0.4 is 10.5 Å². The van der Waals surface area contributed by atoms with Crippen molar-refractivity contribution in [3.05, 3.63) is 23.3 Å². The van der Waals surface area contributed by atoms with Crippen LogP contribution in [0.25, 0.3) is 0 Å². The Kier molecular flexibility index (Phi) is 2.59. The van der Waals surface area contributed by atoms with E-state index in [0.29, 0.717) is 11.3 Å². The fourth-order valence-electron chi connectivity index (χ4n) is 1.05. The van der Waals surface area contributed by atoms with E-state index in [9.17, 15) is 13.2 Å². The highest BCUT2D eigenvalue weighted by atomic mass is 19.4. The summed E-state index contributed by atoms with van der Waals surface area (Å²) >= 11 is 0. The molecule has 14 heavy (non-hydrogen) atoms. The molecule has 2 N–H and O–H groups in total. The molecule has 1 aromatic carbocycles. The van der Waals surface area contributed by atoms with Gasteiger partial charge in [0.25, 0.3) is 0 Å². The quantitative estimate of drug-likeness (QED) is 0.715. The molecule has 0 aromatic heterocycles. The van der Waals surface area contributed by atoms with E-state index in [1.54, 1.807) is 13.8 Å². The molecule has 0 unspecified atom stereocenters. The summed E-state index contributed by atoms with van der Waals surface area (Å²) in [6.45, 7) is 3.41. The minimum atomic E-state index is -4.67. The van der Waals surface area contributed by atoms with E-state index >= 15 is 0 Å². The first-order valence-corrected chi connectivity index (χ1v) is 3.92. The summed E-state index contributed by atoms with van der Waals surface area (Å²) in [4.78, 5) is 0. The normalized spacial score (nSPS) is 11.5. The Morgan fingerprint density at radius 2 is 1.79 bits per heavy atom. The zero-order valence-electron chi connectivity index (χ0n) is 7.77. The van der Waals surface area contributed by atoms with Gasteiger partial charge in [0.1, 0.15) is 5.75 Å². The van der Waals surface area contributed by atoms with Gasteiger partial charge in [-0.05, 0) is 31.0 Å². The predicted molar refractivity (Wildman–Crippen MR) is 47.0 cm³/mol. The number of hydrogen-bond donors (Lipinski definition) is 1. The van der Waals surface area contributed by atoms with E-state index in [-0.39, 0.29) is 5.75 Å². The summed E-state index contributed by atoms with van der Waals surface area (Å²) < 4.78 is 39.3. The molecule has 0 amide bonds. The molecular formula is C9H10F3NO. The van der Waals surface area contributed by atoms with E-state index in [1.165, 1.54) is 6.07 Å². The van der Waals surface area contributed by atoms with Gasteiger partial charge in [0.2, 0.25) is 0 Å². The van der Waals surface area contributed by atoms with Crippen molar-refractivity contribution < 1.29 is 17.9 Å². The van der Waals surface area contributed by atoms with Crippen molar-refractivity contribution in [1.82, 2.24) is 0 Å². The summed E-state index contributed by atoms with van der Waals surface area (Å²) in [5.74, 6) is -0.280. The lowest BCUT2D eigenvalue weighted by atomic mass is 10.1. The third-order valence-electron chi connectivity index (χ3n) is 1.91. The first-order valence-electron chi connectivity index (χ1n) is 3.92. The zero-order chi connectivity index (χ0) is 10.9. The molecule has 0 saturated carbocycles. The minimum absolute atomic E-state index is 0.280. The van der Waals surface area contributed by atoms with Crippen LogP contribution in [0, 0.1) is 13.8 Å². The second kappa shape index (κ2) is 3.40. The maximum absolute atomic E-state index is 11.8. The molecule has 2 nitrogen and oxygen atoms in total. The largest absolute Gasteiger partial charge is 0.573 e. The molecular weight excluding hydrogens is 195 g/mol. The van der Waals surface area contributed by atoms with E-state index in [0.717, 1.165) is 11.6 Å². The summed E-state index contributed by atoms with van der Waals surface area (Å²) in [5.41, 5.74) is 7.22. The van der Waals surface area contributed by atoms with Crippen LogP contribution in [0.4, 0.5) is 18.9 Å². The Morgan fingerprint density at radius 3 is 2.21 bits per heavy atom. The Labute approximate surface area is 79.5 Å². The van der Waals surface area contributed by atoms with Crippen LogP contribution in [0.3, 0.4) is 0 Å². The molecule has 0 spiro atoms. The second-order valence-electron chi connectivity index (χ2n) is 3.00. The van der Waals surface area contributed by atoms with E-state index in [2.05, 4.69) is 4.74 Å². The van der Waals surface area contributed by atoms with Crippen LogP contribution in [-0.4, -0.2) is 6.36 Å². The van der Waals surface area contributed by atoms with Crippen molar-refractivity contribution in [2.45, 2.75) is 20.2 Å². The highest BCUT2D eigenvalue weighted by Crippen LogP contribution is 2.28. The molecule has 5 heteroatoms. The number of halogens is 3. The lowest BCUT2D eigenvalue weighted by molar-refractivity contribution is -0.274. The molecule has 78 valence electrons. The monoisotopic (exact) mass is 205 g/mol. The molecule has 0 radical (unpaired) electrons. The fraction of sp³-hybridized carbons (Fsp3) is 0.333. The number of hydrogen-bond acceptors (Lipinski definition) is 2. The molecule has 0 heterocycles. The van der Waals surface area contributed by atoms with Crippen molar-refractivity contribution in [1.29, 1.82) is 0 Å². The van der Waals surface area contributed by atoms with Crippen LogP contribution >= 0.6 is 0 Å². The van der Waals surface area contributed by atoms with Gasteiger partial charge in [-0.1, -0.05) is 0 Å².